The van der Waals surface area contributed by atoms with Gasteiger partial charge in [0.25, 0.3) is 0 Å². The highest BCUT2D eigenvalue weighted by Crippen LogP contribution is 2.27. The average molecular weight is 298 g/mol. The van der Waals surface area contributed by atoms with Crippen LogP contribution in [-0.4, -0.2) is 12.6 Å². The van der Waals surface area contributed by atoms with Gasteiger partial charge in [-0.2, -0.15) is 0 Å². The summed E-state index contributed by atoms with van der Waals surface area (Å²) in [4.78, 5) is 0. The molecule has 0 aromatic heterocycles. The Morgan fingerprint density at radius 3 is 2.82 bits per heavy atom. The van der Waals surface area contributed by atoms with Crippen molar-refractivity contribution in [1.29, 1.82) is 0 Å². The van der Waals surface area contributed by atoms with E-state index < -0.39 is 0 Å². The van der Waals surface area contributed by atoms with E-state index in [1.165, 1.54) is 31.2 Å². The molecule has 3 heteroatoms. The van der Waals surface area contributed by atoms with Crippen LogP contribution in [0.3, 0.4) is 0 Å². The second kappa shape index (κ2) is 6.41. The summed E-state index contributed by atoms with van der Waals surface area (Å²) >= 11 is 3.58. The highest BCUT2D eigenvalue weighted by molar-refractivity contribution is 9.10. The highest BCUT2D eigenvalue weighted by Gasteiger charge is 2.16. The van der Waals surface area contributed by atoms with Crippen molar-refractivity contribution in [3.8, 4) is 5.75 Å². The van der Waals surface area contributed by atoms with E-state index in [9.17, 15) is 0 Å². The van der Waals surface area contributed by atoms with Crippen molar-refractivity contribution in [3.63, 3.8) is 0 Å². The van der Waals surface area contributed by atoms with Crippen LogP contribution in [0.4, 0.5) is 0 Å². The highest BCUT2D eigenvalue weighted by atomic mass is 79.9. The van der Waals surface area contributed by atoms with Gasteiger partial charge in [-0.3, -0.25) is 0 Å². The first-order chi connectivity index (χ1) is 8.29. The monoisotopic (exact) mass is 297 g/mol. The van der Waals surface area contributed by atoms with Gasteiger partial charge in [-0.1, -0.05) is 22.9 Å². The molecule has 1 aliphatic rings. The van der Waals surface area contributed by atoms with Crippen molar-refractivity contribution in [1.82, 2.24) is 5.32 Å². The van der Waals surface area contributed by atoms with Gasteiger partial charge in [-0.15, -0.1) is 0 Å². The summed E-state index contributed by atoms with van der Waals surface area (Å²) in [5, 5.41) is 3.34. The molecule has 0 unspecified atom stereocenters. The molecule has 17 heavy (non-hydrogen) atoms. The second-order valence-corrected chi connectivity index (χ2v) is 5.41. The minimum atomic E-state index is 0.433. The van der Waals surface area contributed by atoms with Crippen LogP contribution < -0.4 is 10.1 Å². The van der Waals surface area contributed by atoms with E-state index in [4.69, 9.17) is 4.74 Å². The van der Waals surface area contributed by atoms with Gasteiger partial charge in [0.1, 0.15) is 5.75 Å². The summed E-state index contributed by atoms with van der Waals surface area (Å²) in [7, 11) is 0. The Bertz CT molecular complexity index is 361. The molecule has 1 aromatic rings. The predicted molar refractivity (Wildman–Crippen MR) is 74.4 cm³/mol. The van der Waals surface area contributed by atoms with Crippen LogP contribution in [-0.2, 0) is 6.54 Å². The molecule has 1 N–H and O–H groups in total. The van der Waals surface area contributed by atoms with Crippen molar-refractivity contribution in [2.45, 2.75) is 45.3 Å². The third-order valence-corrected chi connectivity index (χ3v) is 3.96. The van der Waals surface area contributed by atoms with Crippen molar-refractivity contribution < 1.29 is 4.74 Å². The molecule has 2 nitrogen and oxygen atoms in total. The van der Waals surface area contributed by atoms with Gasteiger partial charge in [-0.25, -0.2) is 0 Å². The van der Waals surface area contributed by atoms with Crippen LogP contribution in [0.1, 0.15) is 38.2 Å². The molecular formula is C14H20BrNO. The Balaban J connectivity index is 2.01. The molecule has 2 rings (SSSR count). The third-order valence-electron chi connectivity index (χ3n) is 3.19. The van der Waals surface area contributed by atoms with Gasteiger partial charge in [0.05, 0.1) is 6.10 Å². The first-order valence-electron chi connectivity index (χ1n) is 6.45. The van der Waals surface area contributed by atoms with Gasteiger partial charge in [0, 0.05) is 11.0 Å². The van der Waals surface area contributed by atoms with Crippen molar-refractivity contribution in [2.75, 3.05) is 6.54 Å². The van der Waals surface area contributed by atoms with Crippen LogP contribution in [0.2, 0.25) is 0 Å². The third kappa shape index (κ3) is 3.71. The zero-order valence-corrected chi connectivity index (χ0v) is 11.9. The molecular weight excluding hydrogens is 278 g/mol. The number of nitrogens with one attached hydrogen (secondary N) is 1. The SMILES string of the molecule is CCNCc1cc(OC2CCCC2)ccc1Br. The van der Waals surface area contributed by atoms with Crippen molar-refractivity contribution in [3.05, 3.63) is 28.2 Å². The van der Waals surface area contributed by atoms with Gasteiger partial charge in [0.2, 0.25) is 0 Å². The fourth-order valence-corrected chi connectivity index (χ4v) is 2.61. The van der Waals surface area contributed by atoms with Gasteiger partial charge < -0.3 is 10.1 Å². The number of hydrogen-bond acceptors (Lipinski definition) is 2. The van der Waals surface area contributed by atoms with Crippen LogP contribution >= 0.6 is 15.9 Å². The normalized spacial score (nSPS) is 16.4. The summed E-state index contributed by atoms with van der Waals surface area (Å²) in [6.45, 7) is 3.99. The Labute approximate surface area is 112 Å². The van der Waals surface area contributed by atoms with E-state index in [-0.39, 0.29) is 0 Å². The Hall–Kier alpha value is -0.540. The molecule has 1 aliphatic carbocycles. The van der Waals surface area contributed by atoms with E-state index in [1.54, 1.807) is 0 Å². The Morgan fingerprint density at radius 1 is 1.35 bits per heavy atom. The fourth-order valence-electron chi connectivity index (χ4n) is 2.22. The molecule has 0 spiro atoms. The maximum Gasteiger partial charge on any atom is 0.120 e. The minimum absolute atomic E-state index is 0.433. The van der Waals surface area contributed by atoms with Crippen molar-refractivity contribution >= 4 is 15.9 Å². The quantitative estimate of drug-likeness (QED) is 0.890. The average Bonchev–Trinajstić information content (AvgIpc) is 2.82. The van der Waals surface area contributed by atoms with E-state index in [0.29, 0.717) is 6.10 Å². The van der Waals surface area contributed by atoms with Crippen molar-refractivity contribution in [2.24, 2.45) is 0 Å². The summed E-state index contributed by atoms with van der Waals surface area (Å²) < 4.78 is 7.15. The Kier molecular flexibility index (Phi) is 4.86. The van der Waals surface area contributed by atoms with Crippen LogP contribution in [0.5, 0.6) is 5.75 Å². The lowest BCUT2D eigenvalue weighted by atomic mass is 10.2. The maximum absolute atomic E-state index is 6.00. The van der Waals surface area contributed by atoms with E-state index in [0.717, 1.165) is 23.3 Å². The topological polar surface area (TPSA) is 21.3 Å². The summed E-state index contributed by atoms with van der Waals surface area (Å²) in [5.41, 5.74) is 1.27. The van der Waals surface area contributed by atoms with Crippen LogP contribution in [0, 0.1) is 0 Å². The van der Waals surface area contributed by atoms with Crippen LogP contribution in [0.15, 0.2) is 22.7 Å². The smallest absolute Gasteiger partial charge is 0.120 e. The number of halogens is 1. The lowest BCUT2D eigenvalue weighted by molar-refractivity contribution is 0.210. The van der Waals surface area contributed by atoms with Gasteiger partial charge in [-0.05, 0) is 56.0 Å². The first-order valence-corrected chi connectivity index (χ1v) is 7.24. The molecule has 0 amide bonds. The molecule has 1 fully saturated rings. The molecule has 1 aromatic carbocycles. The zero-order chi connectivity index (χ0) is 12.1. The molecule has 0 saturated heterocycles. The maximum atomic E-state index is 6.00. The summed E-state index contributed by atoms with van der Waals surface area (Å²) in [6, 6.07) is 6.28. The van der Waals surface area contributed by atoms with Gasteiger partial charge in [0.15, 0.2) is 0 Å². The van der Waals surface area contributed by atoms with E-state index >= 15 is 0 Å². The molecule has 1 saturated carbocycles. The Morgan fingerprint density at radius 2 is 2.12 bits per heavy atom. The number of rotatable bonds is 5. The molecule has 0 heterocycles. The summed E-state index contributed by atoms with van der Waals surface area (Å²) in [5.74, 6) is 1.01. The molecule has 0 bridgehead atoms. The molecule has 0 aliphatic heterocycles. The predicted octanol–water partition coefficient (Wildman–Crippen LogP) is 3.88. The van der Waals surface area contributed by atoms with E-state index in [2.05, 4.69) is 46.4 Å². The summed E-state index contributed by atoms with van der Waals surface area (Å²) in [6.07, 6.45) is 5.47. The standard InChI is InChI=1S/C14H20BrNO/c1-2-16-10-11-9-13(7-8-14(11)15)17-12-5-3-4-6-12/h7-9,12,16H,2-6,10H2,1H3. The minimum Gasteiger partial charge on any atom is -0.490 e. The molecule has 0 radical (unpaired) electrons. The lowest BCUT2D eigenvalue weighted by Crippen LogP contribution is -2.13. The van der Waals surface area contributed by atoms with Crippen LogP contribution in [0.25, 0.3) is 0 Å². The first kappa shape index (κ1) is 12.9. The zero-order valence-electron chi connectivity index (χ0n) is 10.3. The number of hydrogen-bond donors (Lipinski definition) is 1. The second-order valence-electron chi connectivity index (χ2n) is 4.56. The van der Waals surface area contributed by atoms with E-state index in [1.807, 2.05) is 0 Å². The molecule has 94 valence electrons. The number of ether oxygens (including phenoxy) is 1. The number of benzene rings is 1. The fraction of sp³-hybridized carbons (Fsp3) is 0.571. The largest absolute Gasteiger partial charge is 0.490 e. The lowest BCUT2D eigenvalue weighted by Gasteiger charge is -2.14. The molecule has 0 atom stereocenters. The van der Waals surface area contributed by atoms with Gasteiger partial charge >= 0.3 is 0 Å².